The van der Waals surface area contributed by atoms with Gasteiger partial charge in [0.2, 0.25) is 5.91 Å². The van der Waals surface area contributed by atoms with E-state index in [1.54, 1.807) is 17.0 Å². The van der Waals surface area contributed by atoms with Gasteiger partial charge in [0.05, 0.1) is 6.54 Å². The van der Waals surface area contributed by atoms with Gasteiger partial charge in [-0.2, -0.15) is 0 Å². The maximum absolute atomic E-state index is 12.5. The molecule has 0 spiro atoms. The smallest absolute Gasteiger partial charge is 0.346 e. The molecule has 1 fully saturated rings. The van der Waals surface area contributed by atoms with Crippen molar-refractivity contribution in [3.05, 3.63) is 35.0 Å². The van der Waals surface area contributed by atoms with Crippen molar-refractivity contribution >= 4 is 5.91 Å². The van der Waals surface area contributed by atoms with Crippen LogP contribution in [-0.2, 0) is 11.3 Å². The number of aromatic nitrogens is 4. The molecule has 0 aromatic carbocycles. The molecule has 0 aliphatic heterocycles. The van der Waals surface area contributed by atoms with E-state index < -0.39 is 0 Å². The maximum atomic E-state index is 12.5. The molecule has 0 saturated heterocycles. The van der Waals surface area contributed by atoms with Crippen molar-refractivity contribution in [3.63, 3.8) is 0 Å². The second-order valence-electron chi connectivity index (χ2n) is 5.16. The van der Waals surface area contributed by atoms with Crippen LogP contribution in [0.1, 0.15) is 25.8 Å². The molecule has 7 nitrogen and oxygen atoms in total. The summed E-state index contributed by atoms with van der Waals surface area (Å²) in [5.74, 6) is 0.538. The molecule has 1 amide bonds. The molecular weight excluding hydrogens is 270 g/mol. The first kappa shape index (κ1) is 13.5. The van der Waals surface area contributed by atoms with Crippen molar-refractivity contribution in [3.8, 4) is 11.4 Å². The van der Waals surface area contributed by atoms with E-state index in [2.05, 4.69) is 15.4 Å². The van der Waals surface area contributed by atoms with Gasteiger partial charge in [0.1, 0.15) is 0 Å². The Kier molecular flexibility index (Phi) is 3.55. The minimum Gasteiger partial charge on any atom is -0.354 e. The Morgan fingerprint density at radius 2 is 2.29 bits per heavy atom. The largest absolute Gasteiger partial charge is 0.354 e. The van der Waals surface area contributed by atoms with Gasteiger partial charge < -0.3 is 5.32 Å². The number of amides is 1. The number of rotatable bonds is 5. The molecule has 0 atom stereocenters. The number of pyridine rings is 1. The Morgan fingerprint density at radius 3 is 2.90 bits per heavy atom. The fourth-order valence-electron chi connectivity index (χ4n) is 2.26. The Hall–Kier alpha value is -2.44. The first-order valence-electron chi connectivity index (χ1n) is 7.01. The summed E-state index contributed by atoms with van der Waals surface area (Å²) in [4.78, 5) is 27.4. The van der Waals surface area contributed by atoms with E-state index in [-0.39, 0.29) is 17.6 Å². The average Bonchev–Trinajstić information content (AvgIpc) is 3.25. The highest BCUT2D eigenvalue weighted by molar-refractivity contribution is 5.72. The van der Waals surface area contributed by atoms with Gasteiger partial charge in [-0.15, -0.1) is 5.10 Å². The molecule has 1 aliphatic carbocycles. The molecular formula is C14H17N5O2. The lowest BCUT2D eigenvalue weighted by atomic mass is 10.3. The summed E-state index contributed by atoms with van der Waals surface area (Å²) >= 11 is 0. The van der Waals surface area contributed by atoms with Crippen LogP contribution in [0.25, 0.3) is 11.4 Å². The number of hydrogen-bond donors (Lipinski definition) is 1. The molecule has 0 unspecified atom stereocenters. The van der Waals surface area contributed by atoms with Crippen molar-refractivity contribution in [2.24, 2.45) is 0 Å². The molecule has 7 heteroatoms. The van der Waals surface area contributed by atoms with E-state index in [0.717, 1.165) is 18.4 Å². The fraction of sp³-hybridized carbons (Fsp3) is 0.429. The standard InChI is InChI=1S/C14H17N5O2/c1-10(20)16-7-8-18-14(21)19(12-4-5-12)13(17-18)11-3-2-6-15-9-11/h2-3,6,9,12H,4-5,7-8H2,1H3,(H,16,20). The van der Waals surface area contributed by atoms with E-state index >= 15 is 0 Å². The lowest BCUT2D eigenvalue weighted by molar-refractivity contribution is -0.118. The van der Waals surface area contributed by atoms with Crippen LogP contribution in [0.15, 0.2) is 29.3 Å². The van der Waals surface area contributed by atoms with Crippen LogP contribution in [0.5, 0.6) is 0 Å². The third-order valence-electron chi connectivity index (χ3n) is 3.40. The lowest BCUT2D eigenvalue weighted by Crippen LogP contribution is -2.31. The van der Waals surface area contributed by atoms with Crippen LogP contribution in [0.4, 0.5) is 0 Å². The van der Waals surface area contributed by atoms with Gasteiger partial charge in [-0.3, -0.25) is 14.3 Å². The minimum absolute atomic E-state index is 0.114. The average molecular weight is 287 g/mol. The van der Waals surface area contributed by atoms with Gasteiger partial charge in [0.15, 0.2) is 5.82 Å². The first-order chi connectivity index (χ1) is 10.2. The summed E-state index contributed by atoms with van der Waals surface area (Å²) in [5.41, 5.74) is 0.710. The molecule has 1 N–H and O–H groups in total. The molecule has 21 heavy (non-hydrogen) atoms. The number of nitrogens with one attached hydrogen (secondary N) is 1. The van der Waals surface area contributed by atoms with Gasteiger partial charge in [0.25, 0.3) is 0 Å². The fourth-order valence-corrected chi connectivity index (χ4v) is 2.26. The summed E-state index contributed by atoms with van der Waals surface area (Å²) in [7, 11) is 0. The summed E-state index contributed by atoms with van der Waals surface area (Å²) in [5, 5.41) is 7.09. The van der Waals surface area contributed by atoms with Crippen LogP contribution in [0.3, 0.4) is 0 Å². The van der Waals surface area contributed by atoms with Gasteiger partial charge in [-0.1, -0.05) is 0 Å². The van der Waals surface area contributed by atoms with Crippen LogP contribution in [0.2, 0.25) is 0 Å². The zero-order valence-electron chi connectivity index (χ0n) is 11.8. The Bertz CT molecular complexity index is 700. The molecule has 1 aliphatic rings. The van der Waals surface area contributed by atoms with Crippen molar-refractivity contribution in [2.45, 2.75) is 32.4 Å². The molecule has 0 bridgehead atoms. The Labute approximate surface area is 121 Å². The topological polar surface area (TPSA) is 81.8 Å². The van der Waals surface area contributed by atoms with Crippen LogP contribution in [0, 0.1) is 0 Å². The lowest BCUT2D eigenvalue weighted by Gasteiger charge is -2.02. The third-order valence-corrected chi connectivity index (χ3v) is 3.40. The van der Waals surface area contributed by atoms with Gasteiger partial charge in [0, 0.05) is 37.5 Å². The van der Waals surface area contributed by atoms with Crippen molar-refractivity contribution in [2.75, 3.05) is 6.54 Å². The molecule has 0 radical (unpaired) electrons. The minimum atomic E-state index is -0.123. The number of carbonyl (C=O) groups excluding carboxylic acids is 1. The predicted octanol–water partition coefficient (Wildman–Crippen LogP) is 0.578. The van der Waals surface area contributed by atoms with Gasteiger partial charge in [-0.25, -0.2) is 9.48 Å². The van der Waals surface area contributed by atoms with E-state index in [0.29, 0.717) is 18.9 Å². The molecule has 2 aromatic heterocycles. The zero-order chi connectivity index (χ0) is 14.8. The maximum Gasteiger partial charge on any atom is 0.346 e. The van der Waals surface area contributed by atoms with Crippen LogP contribution < -0.4 is 11.0 Å². The van der Waals surface area contributed by atoms with E-state index in [1.807, 2.05) is 12.1 Å². The highest BCUT2D eigenvalue weighted by Gasteiger charge is 2.30. The predicted molar refractivity (Wildman–Crippen MR) is 76.7 cm³/mol. The van der Waals surface area contributed by atoms with Crippen LogP contribution in [-0.4, -0.2) is 31.8 Å². The quantitative estimate of drug-likeness (QED) is 0.872. The third kappa shape index (κ3) is 2.86. The number of hydrogen-bond acceptors (Lipinski definition) is 4. The SMILES string of the molecule is CC(=O)NCCn1nc(-c2cccnc2)n(C2CC2)c1=O. The molecule has 1 saturated carbocycles. The monoisotopic (exact) mass is 287 g/mol. The highest BCUT2D eigenvalue weighted by Crippen LogP contribution is 2.36. The van der Waals surface area contributed by atoms with E-state index in [4.69, 9.17) is 0 Å². The summed E-state index contributed by atoms with van der Waals surface area (Å²) < 4.78 is 3.15. The van der Waals surface area contributed by atoms with Crippen molar-refractivity contribution in [1.29, 1.82) is 0 Å². The van der Waals surface area contributed by atoms with Crippen molar-refractivity contribution in [1.82, 2.24) is 24.6 Å². The van der Waals surface area contributed by atoms with E-state index in [9.17, 15) is 9.59 Å². The molecule has 2 heterocycles. The molecule has 110 valence electrons. The van der Waals surface area contributed by atoms with Gasteiger partial charge in [-0.05, 0) is 25.0 Å². The van der Waals surface area contributed by atoms with Gasteiger partial charge >= 0.3 is 5.69 Å². The first-order valence-corrected chi connectivity index (χ1v) is 7.01. The zero-order valence-corrected chi connectivity index (χ0v) is 11.8. The van der Waals surface area contributed by atoms with Crippen molar-refractivity contribution < 1.29 is 4.79 Å². The summed E-state index contributed by atoms with van der Waals surface area (Å²) in [6, 6.07) is 3.96. The number of nitrogens with zero attached hydrogens (tertiary/aromatic N) is 4. The summed E-state index contributed by atoms with van der Waals surface area (Å²) in [6.07, 6.45) is 5.41. The van der Waals surface area contributed by atoms with E-state index in [1.165, 1.54) is 11.6 Å². The second kappa shape index (κ2) is 5.51. The normalized spacial score (nSPS) is 14.1. The second-order valence-corrected chi connectivity index (χ2v) is 5.16. The number of carbonyl (C=O) groups is 1. The molecule has 2 aromatic rings. The summed E-state index contributed by atoms with van der Waals surface area (Å²) in [6.45, 7) is 2.21. The highest BCUT2D eigenvalue weighted by atomic mass is 16.2. The molecule has 3 rings (SSSR count). The Morgan fingerprint density at radius 1 is 1.48 bits per heavy atom. The Balaban J connectivity index is 1.92. The van der Waals surface area contributed by atoms with Crippen LogP contribution >= 0.6 is 0 Å².